The predicted molar refractivity (Wildman–Crippen MR) is 108 cm³/mol. The van der Waals surface area contributed by atoms with Crippen LogP contribution < -0.4 is 0 Å². The normalized spacial score (nSPS) is 31.9. The maximum Gasteiger partial charge on any atom is 0.338 e. The molecule has 5 rings (SSSR count). The van der Waals surface area contributed by atoms with Gasteiger partial charge in [0.2, 0.25) is 0 Å². The van der Waals surface area contributed by atoms with Gasteiger partial charge >= 0.3 is 11.9 Å². The summed E-state index contributed by atoms with van der Waals surface area (Å²) in [5, 5.41) is 0. The molecule has 5 unspecified atom stereocenters. The van der Waals surface area contributed by atoms with Gasteiger partial charge in [0, 0.05) is 5.92 Å². The maximum absolute atomic E-state index is 12.8. The zero-order valence-electron chi connectivity index (χ0n) is 16.2. The van der Waals surface area contributed by atoms with Crippen molar-refractivity contribution in [3.05, 3.63) is 83.9 Å². The minimum Gasteiger partial charge on any atom is -0.455 e. The van der Waals surface area contributed by atoms with Crippen LogP contribution in [-0.2, 0) is 9.47 Å². The Hall–Kier alpha value is -2.88. The number of allylic oxidation sites excluding steroid dienone is 2. The molecule has 0 heterocycles. The highest BCUT2D eigenvalue weighted by Gasteiger charge is 2.59. The Labute approximate surface area is 170 Å². The molecule has 0 N–H and O–H groups in total. The quantitative estimate of drug-likeness (QED) is 0.557. The number of ether oxygens (including phenoxy) is 2. The SMILES string of the molecule is O=C(OC1CC23CC=CC2C(CC3)C1OC(=O)c1ccccc1)c1ccccc1. The zero-order chi connectivity index (χ0) is 19.8. The number of benzene rings is 2. The van der Waals surface area contributed by atoms with Crippen LogP contribution in [0.3, 0.4) is 0 Å². The second kappa shape index (κ2) is 7.18. The van der Waals surface area contributed by atoms with Crippen LogP contribution in [0.1, 0.15) is 46.4 Å². The van der Waals surface area contributed by atoms with Crippen molar-refractivity contribution in [1.82, 2.24) is 0 Å². The van der Waals surface area contributed by atoms with Crippen LogP contribution >= 0.6 is 0 Å². The van der Waals surface area contributed by atoms with Gasteiger partial charge in [-0.1, -0.05) is 48.6 Å². The average molecular weight is 388 g/mol. The summed E-state index contributed by atoms with van der Waals surface area (Å²) >= 11 is 0. The molecule has 2 fully saturated rings. The highest BCUT2D eigenvalue weighted by Crippen LogP contribution is 2.61. The highest BCUT2D eigenvalue weighted by atomic mass is 16.6. The number of carbonyl (C=O) groups excluding carboxylic acids is 2. The summed E-state index contributed by atoms with van der Waals surface area (Å²) in [4.78, 5) is 25.6. The van der Waals surface area contributed by atoms with E-state index in [1.807, 2.05) is 36.4 Å². The van der Waals surface area contributed by atoms with Gasteiger partial charge in [0.05, 0.1) is 11.1 Å². The van der Waals surface area contributed by atoms with Gasteiger partial charge in [-0.25, -0.2) is 9.59 Å². The Balaban J connectivity index is 1.41. The molecule has 0 amide bonds. The Morgan fingerprint density at radius 3 is 2.14 bits per heavy atom. The minimum absolute atomic E-state index is 0.155. The summed E-state index contributed by atoms with van der Waals surface area (Å²) in [5.41, 5.74) is 1.21. The van der Waals surface area contributed by atoms with Crippen molar-refractivity contribution in [2.45, 2.75) is 37.9 Å². The molecule has 2 bridgehead atoms. The predicted octanol–water partition coefficient (Wildman–Crippen LogP) is 4.81. The van der Waals surface area contributed by atoms with Crippen LogP contribution in [-0.4, -0.2) is 24.1 Å². The van der Waals surface area contributed by atoms with E-state index in [1.54, 1.807) is 24.3 Å². The number of carbonyl (C=O) groups is 2. The van der Waals surface area contributed by atoms with Gasteiger partial charge in [-0.2, -0.15) is 0 Å². The molecule has 3 aliphatic rings. The van der Waals surface area contributed by atoms with Gasteiger partial charge in [0.15, 0.2) is 0 Å². The first kappa shape index (κ1) is 18.2. The fraction of sp³-hybridized carbons (Fsp3) is 0.360. The van der Waals surface area contributed by atoms with E-state index in [4.69, 9.17) is 9.47 Å². The Bertz CT molecular complexity index is 936. The third-order valence-corrected chi connectivity index (χ3v) is 6.93. The first-order valence-corrected chi connectivity index (χ1v) is 10.4. The molecule has 4 nitrogen and oxygen atoms in total. The van der Waals surface area contributed by atoms with Crippen molar-refractivity contribution >= 4 is 11.9 Å². The van der Waals surface area contributed by atoms with Gasteiger partial charge < -0.3 is 9.47 Å². The molecular weight excluding hydrogens is 364 g/mol. The van der Waals surface area contributed by atoms with Crippen LogP contribution in [0.25, 0.3) is 0 Å². The van der Waals surface area contributed by atoms with Gasteiger partial charge in [-0.3, -0.25) is 0 Å². The largest absolute Gasteiger partial charge is 0.455 e. The Morgan fingerprint density at radius 2 is 1.48 bits per heavy atom. The van der Waals surface area contributed by atoms with Crippen molar-refractivity contribution in [2.24, 2.45) is 17.3 Å². The van der Waals surface area contributed by atoms with E-state index in [-0.39, 0.29) is 23.3 Å². The van der Waals surface area contributed by atoms with Crippen LogP contribution in [0.5, 0.6) is 0 Å². The minimum atomic E-state index is -0.418. The molecule has 2 aromatic carbocycles. The van der Waals surface area contributed by atoms with Crippen molar-refractivity contribution in [3.8, 4) is 0 Å². The molecule has 2 saturated carbocycles. The molecule has 0 aliphatic heterocycles. The van der Waals surface area contributed by atoms with Crippen molar-refractivity contribution in [3.63, 3.8) is 0 Å². The second-order valence-corrected chi connectivity index (χ2v) is 8.47. The van der Waals surface area contributed by atoms with Gasteiger partial charge in [0.25, 0.3) is 0 Å². The summed E-state index contributed by atoms with van der Waals surface area (Å²) in [6.45, 7) is 0. The lowest BCUT2D eigenvalue weighted by Gasteiger charge is -2.44. The Kier molecular flexibility index (Phi) is 4.50. The van der Waals surface area contributed by atoms with Crippen molar-refractivity contribution in [2.75, 3.05) is 0 Å². The van der Waals surface area contributed by atoms with E-state index in [9.17, 15) is 9.59 Å². The second-order valence-electron chi connectivity index (χ2n) is 8.47. The van der Waals surface area contributed by atoms with Gasteiger partial charge in [-0.05, 0) is 61.3 Å². The van der Waals surface area contributed by atoms with Crippen LogP contribution in [0, 0.1) is 17.3 Å². The molecule has 0 aromatic heterocycles. The Morgan fingerprint density at radius 1 is 0.862 bits per heavy atom. The van der Waals surface area contributed by atoms with E-state index in [1.165, 1.54) is 0 Å². The first-order valence-electron chi connectivity index (χ1n) is 10.4. The topological polar surface area (TPSA) is 52.6 Å². The van der Waals surface area contributed by atoms with Crippen LogP contribution in [0.2, 0.25) is 0 Å². The lowest BCUT2D eigenvalue weighted by molar-refractivity contribution is -0.0974. The third kappa shape index (κ3) is 3.17. The molecule has 0 radical (unpaired) electrons. The molecule has 3 aliphatic carbocycles. The standard InChI is InChI=1S/C25H24O4/c26-23(17-8-3-1-4-9-17)28-21-16-25-14-7-12-20(25)19(13-15-25)22(21)29-24(27)18-10-5-2-6-11-18/h1-12,19-22H,13-16H2. The summed E-state index contributed by atoms with van der Waals surface area (Å²) in [6.07, 6.45) is 7.55. The number of hydrogen-bond donors (Lipinski definition) is 0. The van der Waals surface area contributed by atoms with Gasteiger partial charge in [0.1, 0.15) is 12.2 Å². The average Bonchev–Trinajstić information content (AvgIpc) is 3.28. The van der Waals surface area contributed by atoms with E-state index in [0.717, 1.165) is 25.7 Å². The molecule has 4 heteroatoms. The first-order chi connectivity index (χ1) is 14.2. The summed E-state index contributed by atoms with van der Waals surface area (Å²) in [6, 6.07) is 18.1. The summed E-state index contributed by atoms with van der Waals surface area (Å²) < 4.78 is 12.0. The lowest BCUT2D eigenvalue weighted by Crippen LogP contribution is -2.49. The maximum atomic E-state index is 12.8. The lowest BCUT2D eigenvalue weighted by atomic mass is 9.66. The molecule has 0 spiro atoms. The van der Waals surface area contributed by atoms with Crippen molar-refractivity contribution < 1.29 is 19.1 Å². The zero-order valence-corrected chi connectivity index (χ0v) is 16.2. The van der Waals surface area contributed by atoms with Crippen LogP contribution in [0.15, 0.2) is 72.8 Å². The molecular formula is C25H24O4. The number of hydrogen-bond acceptors (Lipinski definition) is 4. The molecule has 2 aromatic rings. The van der Waals surface area contributed by atoms with Crippen LogP contribution in [0.4, 0.5) is 0 Å². The summed E-state index contributed by atoms with van der Waals surface area (Å²) in [7, 11) is 0. The van der Waals surface area contributed by atoms with Crippen molar-refractivity contribution in [1.29, 1.82) is 0 Å². The molecule has 29 heavy (non-hydrogen) atoms. The smallest absolute Gasteiger partial charge is 0.338 e. The fourth-order valence-electron chi connectivity index (χ4n) is 5.59. The molecule has 148 valence electrons. The molecule has 5 atom stereocenters. The monoisotopic (exact) mass is 388 g/mol. The fourth-order valence-corrected chi connectivity index (χ4v) is 5.59. The van der Waals surface area contributed by atoms with E-state index >= 15 is 0 Å². The van der Waals surface area contributed by atoms with E-state index in [2.05, 4.69) is 12.2 Å². The van der Waals surface area contributed by atoms with Gasteiger partial charge in [-0.15, -0.1) is 0 Å². The number of rotatable bonds is 4. The van der Waals surface area contributed by atoms with E-state index in [0.29, 0.717) is 17.0 Å². The highest BCUT2D eigenvalue weighted by molar-refractivity contribution is 5.90. The summed E-state index contributed by atoms with van der Waals surface area (Å²) in [5.74, 6) is -0.0965. The van der Waals surface area contributed by atoms with E-state index < -0.39 is 12.2 Å². The third-order valence-electron chi connectivity index (χ3n) is 6.93. The molecule has 0 saturated heterocycles. The number of esters is 2.